The van der Waals surface area contributed by atoms with E-state index >= 15 is 0 Å². The van der Waals surface area contributed by atoms with Gasteiger partial charge in [-0.1, -0.05) is 23.7 Å². The van der Waals surface area contributed by atoms with Gasteiger partial charge in [0, 0.05) is 18.2 Å². The van der Waals surface area contributed by atoms with Crippen molar-refractivity contribution in [1.82, 2.24) is 0 Å². The number of rotatable bonds is 3. The average Bonchev–Trinajstić information content (AvgIpc) is 2.41. The molecule has 2 amide bonds. The van der Waals surface area contributed by atoms with Crippen LogP contribution in [0.4, 0.5) is 11.4 Å². The lowest BCUT2D eigenvalue weighted by atomic mass is 10.2. The van der Waals surface area contributed by atoms with Crippen molar-refractivity contribution in [1.29, 1.82) is 0 Å². The highest BCUT2D eigenvalue weighted by molar-refractivity contribution is 6.33. The third-order valence-electron chi connectivity index (χ3n) is 2.59. The van der Waals surface area contributed by atoms with Crippen LogP contribution in [0, 0.1) is 0 Å². The van der Waals surface area contributed by atoms with Gasteiger partial charge in [0.1, 0.15) is 0 Å². The van der Waals surface area contributed by atoms with Gasteiger partial charge < -0.3 is 10.6 Å². The van der Waals surface area contributed by atoms with Crippen molar-refractivity contribution in [2.24, 2.45) is 0 Å². The van der Waals surface area contributed by atoms with Crippen LogP contribution in [-0.2, 0) is 4.79 Å². The monoisotopic (exact) mass is 288 g/mol. The van der Waals surface area contributed by atoms with Crippen LogP contribution in [-0.4, -0.2) is 11.8 Å². The summed E-state index contributed by atoms with van der Waals surface area (Å²) in [6.45, 7) is 1.43. The molecule has 20 heavy (non-hydrogen) atoms. The van der Waals surface area contributed by atoms with E-state index in [1.54, 1.807) is 48.5 Å². The molecule has 2 aromatic rings. The summed E-state index contributed by atoms with van der Waals surface area (Å²) in [7, 11) is 0. The predicted octanol–water partition coefficient (Wildman–Crippen LogP) is 3.55. The van der Waals surface area contributed by atoms with E-state index in [9.17, 15) is 9.59 Å². The third kappa shape index (κ3) is 3.59. The van der Waals surface area contributed by atoms with Gasteiger partial charge in [0.25, 0.3) is 5.91 Å². The Kier molecular flexibility index (Phi) is 4.38. The predicted molar refractivity (Wildman–Crippen MR) is 80.2 cm³/mol. The molecule has 0 unspecified atom stereocenters. The van der Waals surface area contributed by atoms with E-state index in [2.05, 4.69) is 10.6 Å². The van der Waals surface area contributed by atoms with Gasteiger partial charge in [-0.25, -0.2) is 0 Å². The number of nitrogens with one attached hydrogen (secondary N) is 2. The standard InChI is InChI=1S/C15H13ClN2O2/c1-10(19)17-12-8-6-11(7-9-12)15(20)18-14-5-3-2-4-13(14)16/h2-9H,1H3,(H,17,19)(H,18,20). The average molecular weight is 289 g/mol. The zero-order valence-corrected chi connectivity index (χ0v) is 11.6. The van der Waals surface area contributed by atoms with Crippen molar-refractivity contribution >= 4 is 34.8 Å². The second-order valence-corrected chi connectivity index (χ2v) is 4.60. The van der Waals surface area contributed by atoms with Crippen molar-refractivity contribution in [3.8, 4) is 0 Å². The highest BCUT2D eigenvalue weighted by atomic mass is 35.5. The molecule has 4 nitrogen and oxygen atoms in total. The van der Waals surface area contributed by atoms with E-state index in [4.69, 9.17) is 11.6 Å². The first-order chi connectivity index (χ1) is 9.56. The first-order valence-corrected chi connectivity index (χ1v) is 6.37. The maximum absolute atomic E-state index is 12.0. The Morgan fingerprint density at radius 2 is 1.60 bits per heavy atom. The Bertz CT molecular complexity index is 639. The molecule has 5 heteroatoms. The van der Waals surface area contributed by atoms with Gasteiger partial charge in [-0.2, -0.15) is 0 Å². The molecule has 0 atom stereocenters. The molecule has 102 valence electrons. The zero-order valence-electron chi connectivity index (χ0n) is 10.8. The maximum Gasteiger partial charge on any atom is 0.255 e. The molecule has 0 radical (unpaired) electrons. The molecule has 0 fully saturated rings. The fraction of sp³-hybridized carbons (Fsp3) is 0.0667. The molecule has 0 bridgehead atoms. The fourth-order valence-electron chi connectivity index (χ4n) is 1.67. The number of carbonyl (C=O) groups excluding carboxylic acids is 2. The summed E-state index contributed by atoms with van der Waals surface area (Å²) in [5, 5.41) is 5.85. The second kappa shape index (κ2) is 6.21. The van der Waals surface area contributed by atoms with Gasteiger partial charge in [0.05, 0.1) is 10.7 Å². The number of hydrogen-bond donors (Lipinski definition) is 2. The van der Waals surface area contributed by atoms with E-state index in [0.29, 0.717) is 22.0 Å². The Balaban J connectivity index is 2.10. The van der Waals surface area contributed by atoms with Crippen molar-refractivity contribution in [2.45, 2.75) is 6.92 Å². The summed E-state index contributed by atoms with van der Waals surface area (Å²) >= 11 is 5.98. The van der Waals surface area contributed by atoms with E-state index < -0.39 is 0 Å². The van der Waals surface area contributed by atoms with Crippen molar-refractivity contribution in [3.63, 3.8) is 0 Å². The van der Waals surface area contributed by atoms with Gasteiger partial charge in [-0.15, -0.1) is 0 Å². The zero-order chi connectivity index (χ0) is 14.5. The van der Waals surface area contributed by atoms with Crippen molar-refractivity contribution < 1.29 is 9.59 Å². The third-order valence-corrected chi connectivity index (χ3v) is 2.92. The molecular formula is C15H13ClN2O2. The van der Waals surface area contributed by atoms with Crippen LogP contribution in [0.25, 0.3) is 0 Å². The van der Waals surface area contributed by atoms with E-state index in [1.165, 1.54) is 6.92 Å². The van der Waals surface area contributed by atoms with Crippen LogP contribution < -0.4 is 10.6 Å². The van der Waals surface area contributed by atoms with Crippen LogP contribution in [0.5, 0.6) is 0 Å². The van der Waals surface area contributed by atoms with Crippen LogP contribution >= 0.6 is 11.6 Å². The van der Waals surface area contributed by atoms with Crippen LogP contribution in [0.1, 0.15) is 17.3 Å². The van der Waals surface area contributed by atoms with Crippen molar-refractivity contribution in [3.05, 3.63) is 59.1 Å². The maximum atomic E-state index is 12.0. The number of amides is 2. The van der Waals surface area contributed by atoms with Gasteiger partial charge >= 0.3 is 0 Å². The van der Waals surface area contributed by atoms with E-state index in [-0.39, 0.29) is 11.8 Å². The molecule has 0 aromatic heterocycles. The van der Waals surface area contributed by atoms with Gasteiger partial charge in [-0.05, 0) is 36.4 Å². The Morgan fingerprint density at radius 1 is 0.950 bits per heavy atom. The molecule has 0 aliphatic carbocycles. The minimum absolute atomic E-state index is 0.154. The second-order valence-electron chi connectivity index (χ2n) is 4.19. The summed E-state index contributed by atoms with van der Waals surface area (Å²) in [6.07, 6.45) is 0. The topological polar surface area (TPSA) is 58.2 Å². The molecule has 0 saturated heterocycles. The smallest absolute Gasteiger partial charge is 0.255 e. The number of para-hydroxylation sites is 1. The lowest BCUT2D eigenvalue weighted by Crippen LogP contribution is -2.12. The molecule has 0 aliphatic rings. The first kappa shape index (κ1) is 14.1. The number of anilines is 2. The van der Waals surface area contributed by atoms with Crippen molar-refractivity contribution in [2.75, 3.05) is 10.6 Å². The summed E-state index contributed by atoms with van der Waals surface area (Å²) in [6, 6.07) is 13.6. The van der Waals surface area contributed by atoms with Crippen LogP contribution in [0.3, 0.4) is 0 Å². The molecule has 0 aliphatic heterocycles. The highest BCUT2D eigenvalue weighted by Crippen LogP contribution is 2.21. The molecule has 0 heterocycles. The molecule has 2 aromatic carbocycles. The minimum Gasteiger partial charge on any atom is -0.326 e. The summed E-state index contributed by atoms with van der Waals surface area (Å²) in [4.78, 5) is 22.9. The number of halogens is 1. The molecule has 2 N–H and O–H groups in total. The minimum atomic E-state index is -0.257. The lowest BCUT2D eigenvalue weighted by molar-refractivity contribution is -0.114. The number of hydrogen-bond acceptors (Lipinski definition) is 2. The van der Waals surface area contributed by atoms with Gasteiger partial charge in [0.2, 0.25) is 5.91 Å². The molecular weight excluding hydrogens is 276 g/mol. The van der Waals surface area contributed by atoms with E-state index in [1.807, 2.05) is 0 Å². The summed E-state index contributed by atoms with van der Waals surface area (Å²) in [5.41, 5.74) is 1.69. The van der Waals surface area contributed by atoms with Crippen LogP contribution in [0.15, 0.2) is 48.5 Å². The fourth-order valence-corrected chi connectivity index (χ4v) is 1.85. The Labute approximate surface area is 121 Å². The summed E-state index contributed by atoms with van der Waals surface area (Å²) in [5.74, 6) is -0.411. The molecule has 2 rings (SSSR count). The Hall–Kier alpha value is -2.33. The number of benzene rings is 2. The lowest BCUT2D eigenvalue weighted by Gasteiger charge is -2.08. The SMILES string of the molecule is CC(=O)Nc1ccc(C(=O)Nc2ccccc2Cl)cc1. The molecule has 0 spiro atoms. The van der Waals surface area contributed by atoms with Gasteiger partial charge in [-0.3, -0.25) is 9.59 Å². The number of carbonyl (C=O) groups is 2. The summed E-state index contributed by atoms with van der Waals surface area (Å²) < 4.78 is 0. The first-order valence-electron chi connectivity index (χ1n) is 6.00. The van der Waals surface area contributed by atoms with E-state index in [0.717, 1.165) is 0 Å². The van der Waals surface area contributed by atoms with Gasteiger partial charge in [0.15, 0.2) is 0 Å². The Morgan fingerprint density at radius 3 is 2.20 bits per heavy atom. The molecule has 0 saturated carbocycles. The largest absolute Gasteiger partial charge is 0.326 e. The van der Waals surface area contributed by atoms with Crippen LogP contribution in [0.2, 0.25) is 5.02 Å². The highest BCUT2D eigenvalue weighted by Gasteiger charge is 2.08. The quantitative estimate of drug-likeness (QED) is 0.907. The normalized spacial score (nSPS) is 9.90.